The average Bonchev–Trinajstić information content (AvgIpc) is 3.43. The fraction of sp³-hybridized carbons (Fsp3) is 0.263. The van der Waals surface area contributed by atoms with Crippen LogP contribution in [0.1, 0.15) is 35.3 Å². The highest BCUT2D eigenvalue weighted by atomic mass is 31.2. The number of carbonyl (C=O) groups excluding carboxylic acids is 1. The van der Waals surface area contributed by atoms with Crippen LogP contribution in [0.4, 0.5) is 0 Å². The molecule has 0 radical (unpaired) electrons. The van der Waals surface area contributed by atoms with E-state index in [0.717, 1.165) is 5.56 Å². The van der Waals surface area contributed by atoms with Crippen LogP contribution in [0.3, 0.4) is 0 Å². The SMILES string of the molecule is CCCOP(=O)(O)Oc1ccc(C(=O)N2C(C(=O)O)C2c2ccccc2)cc1. The third kappa shape index (κ3) is 4.42. The van der Waals surface area contributed by atoms with E-state index in [1.807, 2.05) is 6.07 Å². The predicted octanol–water partition coefficient (Wildman–Crippen LogP) is 3.24. The number of hydrogen-bond donors (Lipinski definition) is 2. The summed E-state index contributed by atoms with van der Waals surface area (Å²) in [6.45, 7) is 1.87. The van der Waals surface area contributed by atoms with E-state index in [0.29, 0.717) is 6.42 Å². The van der Waals surface area contributed by atoms with Crippen molar-refractivity contribution in [3.8, 4) is 5.75 Å². The Morgan fingerprint density at radius 2 is 1.75 bits per heavy atom. The lowest BCUT2D eigenvalue weighted by atomic mass is 10.1. The molecular weight excluding hydrogens is 385 g/mol. The normalized spacial score (nSPS) is 20.3. The van der Waals surface area contributed by atoms with E-state index >= 15 is 0 Å². The molecule has 8 nitrogen and oxygen atoms in total. The highest BCUT2D eigenvalue weighted by molar-refractivity contribution is 7.47. The number of phosphoric ester groups is 1. The molecule has 1 aliphatic rings. The maximum Gasteiger partial charge on any atom is 0.527 e. The van der Waals surface area contributed by atoms with E-state index < -0.39 is 31.8 Å². The quantitative estimate of drug-likeness (QED) is 0.512. The summed E-state index contributed by atoms with van der Waals surface area (Å²) in [7, 11) is -4.22. The molecule has 3 rings (SSSR count). The number of amides is 1. The van der Waals surface area contributed by atoms with Crippen LogP contribution in [0.5, 0.6) is 5.75 Å². The standard InChI is InChI=1S/C19H20NO7P/c1-2-12-26-28(24,25)27-15-10-8-14(9-11-15)18(21)20-16(17(20)19(22)23)13-6-4-3-5-7-13/h3-11,16-17H,2,12H2,1H3,(H,22,23)(H,24,25). The highest BCUT2D eigenvalue weighted by Gasteiger charge is 2.56. The largest absolute Gasteiger partial charge is 0.527 e. The van der Waals surface area contributed by atoms with E-state index in [-0.39, 0.29) is 17.9 Å². The van der Waals surface area contributed by atoms with Crippen LogP contribution in [-0.2, 0) is 13.9 Å². The maximum absolute atomic E-state index is 12.7. The summed E-state index contributed by atoms with van der Waals surface area (Å²) >= 11 is 0. The van der Waals surface area contributed by atoms with Crippen molar-refractivity contribution in [3.63, 3.8) is 0 Å². The fourth-order valence-corrected chi connectivity index (χ4v) is 3.76. The Kier molecular flexibility index (Phi) is 5.84. The van der Waals surface area contributed by atoms with Gasteiger partial charge in [0.15, 0.2) is 6.04 Å². The number of phosphoric acid groups is 1. The Balaban J connectivity index is 1.72. The van der Waals surface area contributed by atoms with Gasteiger partial charge in [-0.15, -0.1) is 0 Å². The number of benzene rings is 2. The molecule has 1 amide bonds. The summed E-state index contributed by atoms with van der Waals surface area (Å²) in [6.07, 6.45) is 0.560. The number of rotatable bonds is 8. The second-order valence-electron chi connectivity index (χ2n) is 6.27. The van der Waals surface area contributed by atoms with E-state index in [1.165, 1.54) is 29.2 Å². The molecule has 0 spiro atoms. The molecule has 3 unspecified atom stereocenters. The van der Waals surface area contributed by atoms with E-state index in [9.17, 15) is 24.2 Å². The predicted molar refractivity (Wildman–Crippen MR) is 99.9 cm³/mol. The zero-order valence-electron chi connectivity index (χ0n) is 15.1. The fourth-order valence-electron chi connectivity index (χ4n) is 2.90. The molecule has 2 N–H and O–H groups in total. The van der Waals surface area contributed by atoms with Crippen molar-refractivity contribution in [2.75, 3.05) is 6.61 Å². The number of carboxylic acids is 1. The molecule has 0 aliphatic carbocycles. The molecule has 0 saturated carbocycles. The van der Waals surface area contributed by atoms with Gasteiger partial charge in [0, 0.05) is 5.56 Å². The van der Waals surface area contributed by atoms with Crippen molar-refractivity contribution in [1.82, 2.24) is 4.90 Å². The van der Waals surface area contributed by atoms with Crippen molar-refractivity contribution in [1.29, 1.82) is 0 Å². The van der Waals surface area contributed by atoms with Gasteiger partial charge in [-0.3, -0.25) is 14.2 Å². The van der Waals surface area contributed by atoms with Crippen LogP contribution in [0, 0.1) is 0 Å². The van der Waals surface area contributed by atoms with Crippen LogP contribution in [0.25, 0.3) is 0 Å². The summed E-state index contributed by atoms with van der Waals surface area (Å²) in [5.41, 5.74) is 0.997. The minimum atomic E-state index is -4.22. The monoisotopic (exact) mass is 405 g/mol. The smallest absolute Gasteiger partial charge is 0.480 e. The molecule has 0 aromatic heterocycles. The zero-order valence-corrected chi connectivity index (χ0v) is 16.0. The van der Waals surface area contributed by atoms with Gasteiger partial charge in [-0.05, 0) is 36.2 Å². The third-order valence-electron chi connectivity index (χ3n) is 4.22. The van der Waals surface area contributed by atoms with Gasteiger partial charge in [-0.25, -0.2) is 9.36 Å². The first-order chi connectivity index (χ1) is 13.3. The van der Waals surface area contributed by atoms with Gasteiger partial charge in [0.25, 0.3) is 5.91 Å². The van der Waals surface area contributed by atoms with Crippen molar-refractivity contribution >= 4 is 19.7 Å². The summed E-state index contributed by atoms with van der Waals surface area (Å²) < 4.78 is 21.5. The topological polar surface area (TPSA) is 113 Å². The van der Waals surface area contributed by atoms with Crippen molar-refractivity contribution < 1.29 is 33.2 Å². The second-order valence-corrected chi connectivity index (χ2v) is 7.65. The van der Waals surface area contributed by atoms with E-state index in [4.69, 9.17) is 9.05 Å². The Hall–Kier alpha value is -2.67. The summed E-state index contributed by atoms with van der Waals surface area (Å²) in [5, 5.41) is 9.41. The van der Waals surface area contributed by atoms with Gasteiger partial charge in [-0.2, -0.15) is 0 Å². The molecule has 2 aromatic rings. The summed E-state index contributed by atoms with van der Waals surface area (Å²) in [6, 6.07) is 13.0. The van der Waals surface area contributed by atoms with Gasteiger partial charge < -0.3 is 14.5 Å². The van der Waals surface area contributed by atoms with Crippen LogP contribution in [0.2, 0.25) is 0 Å². The molecule has 1 aliphatic heterocycles. The van der Waals surface area contributed by atoms with Gasteiger partial charge >= 0.3 is 13.8 Å². The van der Waals surface area contributed by atoms with Crippen LogP contribution >= 0.6 is 7.82 Å². The molecular formula is C19H20NO7P. The van der Waals surface area contributed by atoms with E-state index in [1.54, 1.807) is 31.2 Å². The van der Waals surface area contributed by atoms with Gasteiger partial charge in [0.2, 0.25) is 0 Å². The average molecular weight is 405 g/mol. The zero-order chi connectivity index (χ0) is 20.3. The van der Waals surface area contributed by atoms with Gasteiger partial charge in [0.05, 0.1) is 12.6 Å². The molecule has 1 fully saturated rings. The molecule has 2 aromatic carbocycles. The first-order valence-corrected chi connectivity index (χ1v) is 10.2. The lowest BCUT2D eigenvalue weighted by Crippen LogP contribution is -2.18. The Morgan fingerprint density at radius 3 is 2.32 bits per heavy atom. The Bertz CT molecular complexity index is 900. The van der Waals surface area contributed by atoms with Crippen molar-refractivity contribution in [3.05, 3.63) is 65.7 Å². The molecule has 28 heavy (non-hydrogen) atoms. The number of carbonyl (C=O) groups is 2. The number of carboxylic acid groups (broad SMARTS) is 1. The lowest BCUT2D eigenvalue weighted by molar-refractivity contribution is -0.137. The van der Waals surface area contributed by atoms with Gasteiger partial charge in [-0.1, -0.05) is 37.3 Å². The van der Waals surface area contributed by atoms with Crippen LogP contribution in [-0.4, -0.2) is 39.4 Å². The lowest BCUT2D eigenvalue weighted by Gasteiger charge is -2.12. The van der Waals surface area contributed by atoms with Crippen molar-refractivity contribution in [2.24, 2.45) is 0 Å². The number of aliphatic carboxylic acids is 1. The van der Waals surface area contributed by atoms with Crippen LogP contribution in [0.15, 0.2) is 54.6 Å². The summed E-state index contributed by atoms with van der Waals surface area (Å²) in [5.74, 6) is -1.45. The molecule has 9 heteroatoms. The molecule has 0 bridgehead atoms. The second kappa shape index (κ2) is 8.14. The summed E-state index contributed by atoms with van der Waals surface area (Å²) in [4.78, 5) is 35.1. The highest BCUT2D eigenvalue weighted by Crippen LogP contribution is 2.45. The van der Waals surface area contributed by atoms with Crippen molar-refractivity contribution in [2.45, 2.75) is 25.4 Å². The van der Waals surface area contributed by atoms with E-state index in [2.05, 4.69) is 0 Å². The third-order valence-corrected chi connectivity index (χ3v) is 5.17. The molecule has 148 valence electrons. The number of nitrogens with zero attached hydrogens (tertiary/aromatic N) is 1. The van der Waals surface area contributed by atoms with Gasteiger partial charge in [0.1, 0.15) is 5.75 Å². The minimum Gasteiger partial charge on any atom is -0.480 e. The van der Waals surface area contributed by atoms with Crippen LogP contribution < -0.4 is 4.52 Å². The Morgan fingerprint density at radius 1 is 1.11 bits per heavy atom. The maximum atomic E-state index is 12.7. The molecule has 1 saturated heterocycles. The molecule has 1 heterocycles. The first-order valence-electron chi connectivity index (χ1n) is 8.71. The molecule has 3 atom stereocenters. The Labute approximate surface area is 161 Å². The minimum absolute atomic E-state index is 0.0682. The first kappa shape index (κ1) is 20.1. The number of hydrogen-bond acceptors (Lipinski definition) is 5.